The van der Waals surface area contributed by atoms with E-state index in [2.05, 4.69) is 46.3 Å². The lowest BCUT2D eigenvalue weighted by atomic mass is 9.93. The lowest BCUT2D eigenvalue weighted by molar-refractivity contribution is -0.136. The normalized spacial score (nSPS) is 19.3. The predicted molar refractivity (Wildman–Crippen MR) is 121 cm³/mol. The summed E-state index contributed by atoms with van der Waals surface area (Å²) in [6, 6.07) is 0. The number of hydrogen-bond acceptors (Lipinski definition) is 6. The maximum absolute atomic E-state index is 12.5. The number of ether oxygens (including phenoxy) is 1. The highest BCUT2D eigenvalue weighted by atomic mass is 32.1. The van der Waals surface area contributed by atoms with Gasteiger partial charge in [-0.25, -0.2) is 4.98 Å². The second-order valence-corrected chi connectivity index (χ2v) is 9.80. The molecular formula is C21H36N6O2S. The summed E-state index contributed by atoms with van der Waals surface area (Å²) >= 11 is 1.73. The third-order valence-electron chi connectivity index (χ3n) is 5.55. The van der Waals surface area contributed by atoms with Gasteiger partial charge in [-0.15, -0.1) is 11.3 Å². The van der Waals surface area contributed by atoms with Crippen molar-refractivity contribution in [1.29, 1.82) is 0 Å². The van der Waals surface area contributed by atoms with Crippen LogP contribution < -0.4 is 5.32 Å². The smallest absolute Gasteiger partial charge is 0.236 e. The fourth-order valence-corrected chi connectivity index (χ4v) is 4.63. The highest BCUT2D eigenvalue weighted by molar-refractivity contribution is 7.09. The van der Waals surface area contributed by atoms with E-state index >= 15 is 0 Å². The van der Waals surface area contributed by atoms with Gasteiger partial charge in [-0.2, -0.15) is 0 Å². The summed E-state index contributed by atoms with van der Waals surface area (Å²) in [5.41, 5.74) is 1.26. The topological polar surface area (TPSA) is 73.3 Å². The van der Waals surface area contributed by atoms with Crippen molar-refractivity contribution >= 4 is 23.2 Å². The van der Waals surface area contributed by atoms with Gasteiger partial charge < -0.3 is 19.9 Å². The molecule has 1 amide bonds. The van der Waals surface area contributed by atoms with Gasteiger partial charge in [-0.1, -0.05) is 20.8 Å². The number of thiazole rings is 1. The van der Waals surface area contributed by atoms with Crippen LogP contribution in [0.2, 0.25) is 0 Å². The molecule has 2 aliphatic rings. The van der Waals surface area contributed by atoms with Crippen LogP contribution in [-0.4, -0.2) is 104 Å². The minimum absolute atomic E-state index is 0.0983. The number of amides is 1. The summed E-state index contributed by atoms with van der Waals surface area (Å²) in [5, 5.41) is 6.81. The molecule has 2 fully saturated rings. The second-order valence-electron chi connectivity index (χ2n) is 8.86. The van der Waals surface area contributed by atoms with Crippen molar-refractivity contribution in [2.24, 2.45) is 4.99 Å². The van der Waals surface area contributed by atoms with Gasteiger partial charge in [0, 0.05) is 70.1 Å². The monoisotopic (exact) mass is 436 g/mol. The summed E-state index contributed by atoms with van der Waals surface area (Å²) in [5.74, 6) is 1.15. The van der Waals surface area contributed by atoms with E-state index in [4.69, 9.17) is 9.72 Å². The Morgan fingerprint density at radius 3 is 2.47 bits per heavy atom. The van der Waals surface area contributed by atoms with Gasteiger partial charge in [-0.05, 0) is 0 Å². The van der Waals surface area contributed by atoms with E-state index in [9.17, 15) is 4.79 Å². The quantitative estimate of drug-likeness (QED) is 0.549. The van der Waals surface area contributed by atoms with Gasteiger partial charge in [0.1, 0.15) is 0 Å². The minimum Gasteiger partial charge on any atom is -0.378 e. The molecule has 0 atom stereocenters. The number of nitrogens with zero attached hydrogens (tertiary/aromatic N) is 5. The molecule has 0 spiro atoms. The average molecular weight is 437 g/mol. The van der Waals surface area contributed by atoms with Crippen molar-refractivity contribution in [2.45, 2.75) is 32.6 Å². The van der Waals surface area contributed by atoms with Crippen LogP contribution in [0.1, 0.15) is 31.5 Å². The number of carbonyl (C=O) groups excluding carboxylic acids is 1. The van der Waals surface area contributed by atoms with E-state index in [0.29, 0.717) is 32.8 Å². The van der Waals surface area contributed by atoms with Crippen LogP contribution in [0.25, 0.3) is 0 Å². The molecule has 3 rings (SSSR count). The fraction of sp³-hybridized carbons (Fsp3) is 0.762. The van der Waals surface area contributed by atoms with Crippen LogP contribution in [0.3, 0.4) is 0 Å². The number of guanidine groups is 1. The van der Waals surface area contributed by atoms with Crippen LogP contribution in [0.15, 0.2) is 10.4 Å². The minimum atomic E-state index is 0.0983. The van der Waals surface area contributed by atoms with Gasteiger partial charge in [0.25, 0.3) is 0 Å². The first-order valence-corrected chi connectivity index (χ1v) is 11.7. The first-order chi connectivity index (χ1) is 14.4. The van der Waals surface area contributed by atoms with E-state index in [1.54, 1.807) is 11.3 Å². The summed E-state index contributed by atoms with van der Waals surface area (Å²) < 4.78 is 5.33. The zero-order valence-corrected chi connectivity index (χ0v) is 19.6. The number of aliphatic imine (C=N–C) groups is 1. The number of hydrogen-bond donors (Lipinski definition) is 1. The van der Waals surface area contributed by atoms with Gasteiger partial charge >= 0.3 is 0 Å². The molecule has 1 aromatic heterocycles. The highest BCUT2D eigenvalue weighted by Gasteiger charge is 2.24. The zero-order chi connectivity index (χ0) is 21.6. The standard InChI is InChI=1S/C21H36N6O2S/c1-21(2,3)17-16-30-18(24-17)5-6-23-20(22-4)27-9-7-25(8-10-27)15-19(28)26-11-13-29-14-12-26/h16H,5-15H2,1-4H3,(H,22,23). The summed E-state index contributed by atoms with van der Waals surface area (Å²) in [6.45, 7) is 14.1. The molecule has 168 valence electrons. The number of carbonyl (C=O) groups is 1. The van der Waals surface area contributed by atoms with Crippen molar-refractivity contribution in [3.63, 3.8) is 0 Å². The Morgan fingerprint density at radius 2 is 1.87 bits per heavy atom. The van der Waals surface area contributed by atoms with Crippen LogP contribution in [0, 0.1) is 0 Å². The Balaban J connectivity index is 1.39. The van der Waals surface area contributed by atoms with Gasteiger partial charge in [0.2, 0.25) is 5.91 Å². The second kappa shape index (κ2) is 10.5. The third kappa shape index (κ3) is 6.39. The van der Waals surface area contributed by atoms with Crippen LogP contribution in [0.5, 0.6) is 0 Å². The summed E-state index contributed by atoms with van der Waals surface area (Å²) in [6.07, 6.45) is 0.897. The molecule has 1 aromatic rings. The number of aromatic nitrogens is 1. The van der Waals surface area contributed by atoms with Crippen molar-refractivity contribution in [3.8, 4) is 0 Å². The Bertz CT molecular complexity index is 715. The van der Waals surface area contributed by atoms with Crippen LogP contribution >= 0.6 is 11.3 Å². The van der Waals surface area contributed by atoms with E-state index in [0.717, 1.165) is 55.8 Å². The van der Waals surface area contributed by atoms with Crippen LogP contribution in [0.4, 0.5) is 0 Å². The maximum atomic E-state index is 12.5. The molecular weight excluding hydrogens is 400 g/mol. The lowest BCUT2D eigenvalue weighted by Crippen LogP contribution is -2.55. The molecule has 0 unspecified atom stereocenters. The van der Waals surface area contributed by atoms with Gasteiger partial charge in [-0.3, -0.25) is 14.7 Å². The Morgan fingerprint density at radius 1 is 1.17 bits per heavy atom. The van der Waals surface area contributed by atoms with E-state index < -0.39 is 0 Å². The molecule has 30 heavy (non-hydrogen) atoms. The average Bonchev–Trinajstić information content (AvgIpc) is 3.22. The predicted octanol–water partition coefficient (Wildman–Crippen LogP) is 1.03. The molecule has 2 saturated heterocycles. The Labute approximate surface area is 184 Å². The van der Waals surface area contributed by atoms with E-state index in [-0.39, 0.29) is 11.3 Å². The van der Waals surface area contributed by atoms with Crippen LogP contribution in [-0.2, 0) is 21.4 Å². The van der Waals surface area contributed by atoms with Gasteiger partial charge in [0.05, 0.1) is 30.5 Å². The van der Waals surface area contributed by atoms with Crippen molar-refractivity contribution in [1.82, 2.24) is 25.0 Å². The third-order valence-corrected chi connectivity index (χ3v) is 6.46. The molecule has 0 saturated carbocycles. The maximum Gasteiger partial charge on any atom is 0.236 e. The number of nitrogens with one attached hydrogen (secondary N) is 1. The number of morpholine rings is 1. The Hall–Kier alpha value is -1.71. The van der Waals surface area contributed by atoms with Gasteiger partial charge in [0.15, 0.2) is 5.96 Å². The number of piperazine rings is 1. The first-order valence-electron chi connectivity index (χ1n) is 10.8. The first kappa shape index (κ1) is 23.0. The molecule has 9 heteroatoms. The molecule has 0 aromatic carbocycles. The SMILES string of the molecule is CN=C(NCCc1nc(C(C)(C)C)cs1)N1CCN(CC(=O)N2CCOCC2)CC1. The van der Waals surface area contributed by atoms with E-state index in [1.807, 2.05) is 11.9 Å². The molecule has 2 aliphatic heterocycles. The molecule has 0 radical (unpaired) electrons. The summed E-state index contributed by atoms with van der Waals surface area (Å²) in [4.78, 5) is 28.1. The largest absolute Gasteiger partial charge is 0.378 e. The Kier molecular flexibility index (Phi) is 8.07. The van der Waals surface area contributed by atoms with Crippen molar-refractivity contribution in [2.75, 3.05) is 72.6 Å². The van der Waals surface area contributed by atoms with E-state index in [1.165, 1.54) is 0 Å². The molecule has 1 N–H and O–H groups in total. The summed E-state index contributed by atoms with van der Waals surface area (Å²) in [7, 11) is 1.83. The lowest BCUT2D eigenvalue weighted by Gasteiger charge is -2.37. The molecule has 0 aliphatic carbocycles. The van der Waals surface area contributed by atoms with Crippen molar-refractivity contribution in [3.05, 3.63) is 16.1 Å². The highest BCUT2D eigenvalue weighted by Crippen LogP contribution is 2.23. The molecule has 3 heterocycles. The molecule has 8 nitrogen and oxygen atoms in total. The zero-order valence-electron chi connectivity index (χ0n) is 18.8. The fourth-order valence-electron chi connectivity index (χ4n) is 3.61. The van der Waals surface area contributed by atoms with Crippen molar-refractivity contribution < 1.29 is 9.53 Å². The molecule has 0 bridgehead atoms. The number of rotatable bonds is 5.